The molecule has 2 aliphatic heterocycles. The number of morpholine rings is 1. The molecule has 0 unspecified atom stereocenters. The number of ether oxygens (including phenoxy) is 1. The van der Waals surface area contributed by atoms with Crippen molar-refractivity contribution in [3.05, 3.63) is 28.3 Å². The zero-order valence-corrected chi connectivity index (χ0v) is 15.2. The van der Waals surface area contributed by atoms with E-state index in [1.54, 1.807) is 0 Å². The number of aliphatic hydroxyl groups excluding tert-OH is 1. The topological polar surface area (TPSA) is 156 Å². The van der Waals surface area contributed by atoms with Crippen molar-refractivity contribution in [2.45, 2.75) is 23.5 Å². The molecule has 0 aliphatic carbocycles. The standard InChI is InChI=1S/C15H20N4O7S/c16-15(21)14-7-10(20)9-18(14)12-2-1-11(8-13(12)19(22)23)27(24,25)17-3-5-26-6-4-17/h1-2,8,10,14,20H,3-7,9H2,(H2,16,21)/t10-,14+/m0/s1. The van der Waals surface area contributed by atoms with E-state index in [0.717, 1.165) is 6.07 Å². The minimum absolute atomic E-state index is 0.00991. The lowest BCUT2D eigenvalue weighted by molar-refractivity contribution is -0.384. The summed E-state index contributed by atoms with van der Waals surface area (Å²) in [5, 5.41) is 21.4. The zero-order valence-electron chi connectivity index (χ0n) is 14.4. The molecule has 1 aromatic rings. The maximum atomic E-state index is 12.7. The van der Waals surface area contributed by atoms with Crippen molar-refractivity contribution in [3.63, 3.8) is 0 Å². The molecule has 11 nitrogen and oxygen atoms in total. The van der Waals surface area contributed by atoms with Crippen molar-refractivity contribution in [1.29, 1.82) is 0 Å². The predicted octanol–water partition coefficient (Wildman–Crippen LogP) is -0.959. The molecule has 2 saturated heterocycles. The van der Waals surface area contributed by atoms with Gasteiger partial charge in [0.05, 0.1) is 29.1 Å². The fourth-order valence-electron chi connectivity index (χ4n) is 3.34. The average molecular weight is 400 g/mol. The number of nitrogens with zero attached hydrogens (tertiary/aromatic N) is 3. The highest BCUT2D eigenvalue weighted by atomic mass is 32.2. The first-order valence-electron chi connectivity index (χ1n) is 8.32. The number of β-amino-alcohol motifs (C(OH)–C–C–N with tert-alkyl or cyclic N) is 1. The summed E-state index contributed by atoms with van der Waals surface area (Å²) in [4.78, 5) is 23.6. The third-order valence-electron chi connectivity index (χ3n) is 4.67. The second kappa shape index (κ2) is 7.38. The van der Waals surface area contributed by atoms with Gasteiger partial charge in [0, 0.05) is 32.1 Å². The molecule has 27 heavy (non-hydrogen) atoms. The summed E-state index contributed by atoms with van der Waals surface area (Å²) in [5.41, 5.74) is 4.91. The monoisotopic (exact) mass is 400 g/mol. The second-order valence-electron chi connectivity index (χ2n) is 6.38. The molecule has 2 heterocycles. The quantitative estimate of drug-likeness (QED) is 0.473. The number of carbonyl (C=O) groups is 1. The van der Waals surface area contributed by atoms with Crippen LogP contribution in [0.3, 0.4) is 0 Å². The van der Waals surface area contributed by atoms with Crippen LogP contribution in [0, 0.1) is 10.1 Å². The number of nitrogens with two attached hydrogens (primary N) is 1. The first-order valence-corrected chi connectivity index (χ1v) is 9.76. The number of carbonyl (C=O) groups excluding carboxylic acids is 1. The van der Waals surface area contributed by atoms with Gasteiger partial charge in [-0.05, 0) is 12.1 Å². The van der Waals surface area contributed by atoms with Crippen molar-refractivity contribution in [2.75, 3.05) is 37.7 Å². The van der Waals surface area contributed by atoms with Gasteiger partial charge < -0.3 is 20.5 Å². The van der Waals surface area contributed by atoms with Crippen molar-refractivity contribution >= 4 is 27.3 Å². The van der Waals surface area contributed by atoms with E-state index in [9.17, 15) is 28.4 Å². The molecule has 0 saturated carbocycles. The van der Waals surface area contributed by atoms with Crippen LogP contribution >= 0.6 is 0 Å². The minimum atomic E-state index is -3.91. The van der Waals surface area contributed by atoms with Crippen molar-refractivity contribution in [1.82, 2.24) is 4.31 Å². The Morgan fingerprint density at radius 3 is 2.59 bits per heavy atom. The van der Waals surface area contributed by atoms with Gasteiger partial charge in [-0.1, -0.05) is 0 Å². The number of hydrogen-bond donors (Lipinski definition) is 2. The Labute approximate surface area is 155 Å². The molecule has 2 fully saturated rings. The molecule has 1 aromatic carbocycles. The summed E-state index contributed by atoms with van der Waals surface area (Å²) >= 11 is 0. The lowest BCUT2D eigenvalue weighted by Gasteiger charge is -2.27. The molecule has 0 radical (unpaired) electrons. The number of hydrogen-bond acceptors (Lipinski definition) is 8. The van der Waals surface area contributed by atoms with Crippen molar-refractivity contribution in [3.8, 4) is 0 Å². The number of aliphatic hydroxyl groups is 1. The van der Waals surface area contributed by atoms with Crippen LogP contribution in [0.25, 0.3) is 0 Å². The van der Waals surface area contributed by atoms with Crippen LogP contribution in [-0.4, -0.2) is 73.7 Å². The van der Waals surface area contributed by atoms with Crippen LogP contribution in [0.1, 0.15) is 6.42 Å². The Hall–Kier alpha value is -2.28. The summed E-state index contributed by atoms with van der Waals surface area (Å²) in [6.07, 6.45) is -0.806. The van der Waals surface area contributed by atoms with Gasteiger partial charge in [-0.15, -0.1) is 0 Å². The molecule has 1 amide bonds. The van der Waals surface area contributed by atoms with Crippen molar-refractivity contribution < 1.29 is 28.0 Å². The summed E-state index contributed by atoms with van der Waals surface area (Å²) in [6.45, 7) is 0.834. The van der Waals surface area contributed by atoms with Crippen LogP contribution < -0.4 is 10.6 Å². The van der Waals surface area contributed by atoms with Gasteiger partial charge in [0.2, 0.25) is 15.9 Å². The van der Waals surface area contributed by atoms with Gasteiger partial charge in [0.1, 0.15) is 11.7 Å². The lowest BCUT2D eigenvalue weighted by Crippen LogP contribution is -2.41. The summed E-state index contributed by atoms with van der Waals surface area (Å²) < 4.78 is 31.8. The molecule has 12 heteroatoms. The smallest absolute Gasteiger partial charge is 0.293 e. The van der Waals surface area contributed by atoms with Gasteiger partial charge in [-0.2, -0.15) is 4.31 Å². The van der Waals surface area contributed by atoms with Gasteiger partial charge >= 0.3 is 0 Å². The zero-order chi connectivity index (χ0) is 19.8. The summed E-state index contributed by atoms with van der Waals surface area (Å²) in [6, 6.07) is 2.61. The predicted molar refractivity (Wildman–Crippen MR) is 93.6 cm³/mol. The number of nitro benzene ring substituents is 1. The normalized spacial score (nSPS) is 24.1. The van der Waals surface area contributed by atoms with Crippen LogP contribution in [0.2, 0.25) is 0 Å². The lowest BCUT2D eigenvalue weighted by atomic mass is 10.1. The average Bonchev–Trinajstić information content (AvgIpc) is 3.04. The van der Waals surface area contributed by atoms with E-state index in [-0.39, 0.29) is 49.9 Å². The number of nitro groups is 1. The fraction of sp³-hybridized carbons (Fsp3) is 0.533. The molecule has 3 rings (SSSR count). The molecule has 3 N–H and O–H groups in total. The Balaban J connectivity index is 2.01. The number of rotatable bonds is 5. The summed E-state index contributed by atoms with van der Waals surface area (Å²) in [7, 11) is -3.91. The molecule has 2 aliphatic rings. The Bertz CT molecular complexity index is 854. The highest BCUT2D eigenvalue weighted by molar-refractivity contribution is 7.89. The molecule has 0 spiro atoms. The Morgan fingerprint density at radius 1 is 1.33 bits per heavy atom. The highest BCUT2D eigenvalue weighted by Crippen LogP contribution is 2.36. The minimum Gasteiger partial charge on any atom is -0.391 e. The maximum Gasteiger partial charge on any atom is 0.293 e. The fourth-order valence-corrected chi connectivity index (χ4v) is 4.77. The van der Waals surface area contributed by atoms with Gasteiger partial charge in [-0.3, -0.25) is 14.9 Å². The third kappa shape index (κ3) is 3.74. The number of primary amides is 1. The number of sulfonamides is 1. The van der Waals surface area contributed by atoms with E-state index in [1.807, 2.05) is 0 Å². The number of benzene rings is 1. The molecule has 0 aromatic heterocycles. The van der Waals surface area contributed by atoms with Gasteiger partial charge in [-0.25, -0.2) is 8.42 Å². The van der Waals surface area contributed by atoms with Crippen LogP contribution in [0.15, 0.2) is 23.1 Å². The molecule has 0 bridgehead atoms. The molecule has 2 atom stereocenters. The third-order valence-corrected chi connectivity index (χ3v) is 6.56. The summed E-state index contributed by atoms with van der Waals surface area (Å²) in [5.74, 6) is -0.717. The Morgan fingerprint density at radius 2 is 2.00 bits per heavy atom. The largest absolute Gasteiger partial charge is 0.391 e. The van der Waals surface area contributed by atoms with E-state index < -0.39 is 38.7 Å². The van der Waals surface area contributed by atoms with E-state index in [2.05, 4.69) is 0 Å². The SMILES string of the molecule is NC(=O)[C@H]1C[C@H](O)CN1c1ccc(S(=O)(=O)N2CCOCC2)cc1[N+](=O)[O-]. The molecule has 148 valence electrons. The van der Waals surface area contributed by atoms with E-state index >= 15 is 0 Å². The highest BCUT2D eigenvalue weighted by Gasteiger charge is 2.38. The number of amides is 1. The van der Waals surface area contributed by atoms with Gasteiger partial charge in [0.15, 0.2) is 0 Å². The van der Waals surface area contributed by atoms with Crippen LogP contribution in [-0.2, 0) is 19.6 Å². The van der Waals surface area contributed by atoms with E-state index in [4.69, 9.17) is 10.5 Å². The van der Waals surface area contributed by atoms with E-state index in [0.29, 0.717) is 0 Å². The number of anilines is 1. The molecular formula is C15H20N4O7S. The first kappa shape index (κ1) is 19.5. The molecular weight excluding hydrogens is 380 g/mol. The van der Waals surface area contributed by atoms with Crippen LogP contribution in [0.4, 0.5) is 11.4 Å². The van der Waals surface area contributed by atoms with Crippen molar-refractivity contribution in [2.24, 2.45) is 5.73 Å². The van der Waals surface area contributed by atoms with Gasteiger partial charge in [0.25, 0.3) is 5.69 Å². The first-order chi connectivity index (χ1) is 12.7. The maximum absolute atomic E-state index is 12.7. The van der Waals surface area contributed by atoms with Crippen LogP contribution in [0.5, 0.6) is 0 Å². The second-order valence-corrected chi connectivity index (χ2v) is 8.32. The van der Waals surface area contributed by atoms with E-state index in [1.165, 1.54) is 21.3 Å². The Kier molecular flexibility index (Phi) is 5.33.